The van der Waals surface area contributed by atoms with Crippen LogP contribution in [0.25, 0.3) is 0 Å². The minimum Gasteiger partial charge on any atom is -0.497 e. The lowest BCUT2D eigenvalue weighted by Gasteiger charge is -2.21. The molecule has 4 heteroatoms. The van der Waals surface area contributed by atoms with Crippen LogP contribution >= 0.6 is 11.3 Å². The van der Waals surface area contributed by atoms with Gasteiger partial charge in [0.15, 0.2) is 0 Å². The summed E-state index contributed by atoms with van der Waals surface area (Å²) in [6, 6.07) is 8.38. The summed E-state index contributed by atoms with van der Waals surface area (Å²) in [5.74, 6) is 1.76. The SMILES string of the molecule is CCCNC(Cc1ccsc1)c1cc(OC)ccc1OC. The number of benzene rings is 1. The molecule has 0 bridgehead atoms. The van der Waals surface area contributed by atoms with E-state index in [2.05, 4.69) is 35.1 Å². The van der Waals surface area contributed by atoms with E-state index in [0.717, 1.165) is 36.4 Å². The smallest absolute Gasteiger partial charge is 0.123 e. The van der Waals surface area contributed by atoms with Crippen molar-refractivity contribution in [3.8, 4) is 11.5 Å². The lowest BCUT2D eigenvalue weighted by Crippen LogP contribution is -2.24. The van der Waals surface area contributed by atoms with E-state index in [4.69, 9.17) is 9.47 Å². The second kappa shape index (κ2) is 8.05. The van der Waals surface area contributed by atoms with E-state index in [1.807, 2.05) is 12.1 Å². The fraction of sp³-hybridized carbons (Fsp3) is 0.412. The Bertz CT molecular complexity index is 540. The highest BCUT2D eigenvalue weighted by Crippen LogP contribution is 2.31. The van der Waals surface area contributed by atoms with Gasteiger partial charge >= 0.3 is 0 Å². The van der Waals surface area contributed by atoms with Crippen molar-refractivity contribution in [3.63, 3.8) is 0 Å². The number of methoxy groups -OCH3 is 2. The van der Waals surface area contributed by atoms with E-state index in [-0.39, 0.29) is 6.04 Å². The highest BCUT2D eigenvalue weighted by molar-refractivity contribution is 7.07. The summed E-state index contributed by atoms with van der Waals surface area (Å²) in [5.41, 5.74) is 2.50. The van der Waals surface area contributed by atoms with Crippen LogP contribution in [-0.4, -0.2) is 20.8 Å². The lowest BCUT2D eigenvalue weighted by molar-refractivity contribution is 0.388. The highest BCUT2D eigenvalue weighted by atomic mass is 32.1. The molecular formula is C17H23NO2S. The Morgan fingerprint density at radius 1 is 1.19 bits per heavy atom. The van der Waals surface area contributed by atoms with Crippen molar-refractivity contribution in [2.45, 2.75) is 25.8 Å². The van der Waals surface area contributed by atoms with Crippen molar-refractivity contribution in [2.24, 2.45) is 0 Å². The van der Waals surface area contributed by atoms with Crippen molar-refractivity contribution >= 4 is 11.3 Å². The molecule has 1 unspecified atom stereocenters. The summed E-state index contributed by atoms with van der Waals surface area (Å²) >= 11 is 1.73. The first-order valence-corrected chi connectivity index (χ1v) is 8.19. The van der Waals surface area contributed by atoms with Crippen LogP contribution in [0.5, 0.6) is 11.5 Å². The maximum Gasteiger partial charge on any atom is 0.123 e. The molecule has 0 aliphatic carbocycles. The zero-order valence-corrected chi connectivity index (χ0v) is 13.7. The van der Waals surface area contributed by atoms with Crippen molar-refractivity contribution in [1.82, 2.24) is 5.32 Å². The van der Waals surface area contributed by atoms with Gasteiger partial charge in [-0.15, -0.1) is 0 Å². The van der Waals surface area contributed by atoms with Gasteiger partial charge in [0.25, 0.3) is 0 Å². The summed E-state index contributed by atoms with van der Waals surface area (Å²) in [6.45, 7) is 3.16. The number of nitrogens with one attached hydrogen (secondary N) is 1. The Kier molecular flexibility index (Phi) is 6.08. The average molecular weight is 305 g/mol. The molecule has 2 aromatic rings. The number of hydrogen-bond donors (Lipinski definition) is 1. The molecule has 21 heavy (non-hydrogen) atoms. The maximum absolute atomic E-state index is 5.53. The molecule has 2 rings (SSSR count). The van der Waals surface area contributed by atoms with Crippen LogP contribution in [-0.2, 0) is 6.42 Å². The maximum atomic E-state index is 5.53. The van der Waals surface area contributed by atoms with E-state index in [1.54, 1.807) is 25.6 Å². The predicted octanol–water partition coefficient (Wildman–Crippen LogP) is 4.05. The van der Waals surface area contributed by atoms with Gasteiger partial charge in [0.2, 0.25) is 0 Å². The van der Waals surface area contributed by atoms with Crippen molar-refractivity contribution in [1.29, 1.82) is 0 Å². The predicted molar refractivity (Wildman–Crippen MR) is 88.6 cm³/mol. The zero-order chi connectivity index (χ0) is 15.1. The molecule has 0 spiro atoms. The summed E-state index contributed by atoms with van der Waals surface area (Å²) in [7, 11) is 3.41. The van der Waals surface area contributed by atoms with Crippen LogP contribution in [0.2, 0.25) is 0 Å². The Balaban J connectivity index is 2.29. The zero-order valence-electron chi connectivity index (χ0n) is 12.9. The minimum atomic E-state index is 0.226. The first-order valence-electron chi connectivity index (χ1n) is 7.24. The summed E-state index contributed by atoms with van der Waals surface area (Å²) in [6.07, 6.45) is 2.06. The van der Waals surface area contributed by atoms with E-state index in [1.165, 1.54) is 5.56 Å². The quantitative estimate of drug-likeness (QED) is 0.798. The number of thiophene rings is 1. The average Bonchev–Trinajstić information content (AvgIpc) is 3.03. The lowest BCUT2D eigenvalue weighted by atomic mass is 9.99. The number of rotatable bonds is 8. The molecule has 0 saturated heterocycles. The molecule has 1 heterocycles. The van der Waals surface area contributed by atoms with E-state index in [9.17, 15) is 0 Å². The number of ether oxygens (including phenoxy) is 2. The normalized spacial score (nSPS) is 12.1. The molecule has 0 fully saturated rings. The molecule has 0 radical (unpaired) electrons. The number of hydrogen-bond acceptors (Lipinski definition) is 4. The van der Waals surface area contributed by atoms with Crippen LogP contribution in [0, 0.1) is 0 Å². The Morgan fingerprint density at radius 2 is 2.05 bits per heavy atom. The van der Waals surface area contributed by atoms with Crippen LogP contribution in [0.3, 0.4) is 0 Å². The first kappa shape index (κ1) is 15.9. The van der Waals surface area contributed by atoms with E-state index in [0.29, 0.717) is 0 Å². The molecule has 1 atom stereocenters. The van der Waals surface area contributed by atoms with Gasteiger partial charge in [-0.1, -0.05) is 6.92 Å². The topological polar surface area (TPSA) is 30.5 Å². The Labute approximate surface area is 130 Å². The standard InChI is InChI=1S/C17H23NO2S/c1-4-8-18-16(10-13-7-9-21-12-13)15-11-14(19-2)5-6-17(15)20-3/h5-7,9,11-12,16,18H,4,8,10H2,1-3H3. The molecule has 1 N–H and O–H groups in total. The largest absolute Gasteiger partial charge is 0.497 e. The van der Waals surface area contributed by atoms with Crippen molar-refractivity contribution in [2.75, 3.05) is 20.8 Å². The van der Waals surface area contributed by atoms with E-state index < -0.39 is 0 Å². The van der Waals surface area contributed by atoms with Gasteiger partial charge in [-0.2, -0.15) is 11.3 Å². The van der Waals surface area contributed by atoms with Gasteiger partial charge in [0, 0.05) is 11.6 Å². The third-order valence-corrected chi connectivity index (χ3v) is 4.20. The van der Waals surface area contributed by atoms with Crippen LogP contribution in [0.1, 0.15) is 30.5 Å². The van der Waals surface area contributed by atoms with Crippen LogP contribution in [0.4, 0.5) is 0 Å². The molecule has 0 aliphatic rings. The molecule has 0 saturated carbocycles. The third kappa shape index (κ3) is 4.22. The molecule has 3 nitrogen and oxygen atoms in total. The second-order valence-electron chi connectivity index (χ2n) is 4.95. The highest BCUT2D eigenvalue weighted by Gasteiger charge is 2.17. The molecule has 1 aromatic carbocycles. The molecule has 0 amide bonds. The van der Waals surface area contributed by atoms with Gasteiger partial charge in [0.05, 0.1) is 14.2 Å². The molecule has 0 aliphatic heterocycles. The third-order valence-electron chi connectivity index (χ3n) is 3.47. The fourth-order valence-corrected chi connectivity index (χ4v) is 3.05. The Morgan fingerprint density at radius 3 is 2.67 bits per heavy atom. The minimum absolute atomic E-state index is 0.226. The molecule has 114 valence electrons. The van der Waals surface area contributed by atoms with Crippen LogP contribution < -0.4 is 14.8 Å². The van der Waals surface area contributed by atoms with Crippen molar-refractivity contribution < 1.29 is 9.47 Å². The first-order chi connectivity index (χ1) is 10.3. The summed E-state index contributed by atoms with van der Waals surface area (Å²) in [4.78, 5) is 0. The van der Waals surface area contributed by atoms with Gasteiger partial charge in [-0.05, 0) is 60.0 Å². The summed E-state index contributed by atoms with van der Waals surface area (Å²) in [5, 5.41) is 7.94. The van der Waals surface area contributed by atoms with Gasteiger partial charge < -0.3 is 14.8 Å². The van der Waals surface area contributed by atoms with Crippen molar-refractivity contribution in [3.05, 3.63) is 46.2 Å². The fourth-order valence-electron chi connectivity index (χ4n) is 2.37. The molecular weight excluding hydrogens is 282 g/mol. The van der Waals surface area contributed by atoms with E-state index >= 15 is 0 Å². The summed E-state index contributed by atoms with van der Waals surface area (Å²) < 4.78 is 10.9. The van der Waals surface area contributed by atoms with Gasteiger partial charge in [0.1, 0.15) is 11.5 Å². The van der Waals surface area contributed by atoms with Crippen LogP contribution in [0.15, 0.2) is 35.0 Å². The Hall–Kier alpha value is -1.52. The molecule has 1 aromatic heterocycles. The second-order valence-corrected chi connectivity index (χ2v) is 5.73. The van der Waals surface area contributed by atoms with Gasteiger partial charge in [-0.25, -0.2) is 0 Å². The monoisotopic (exact) mass is 305 g/mol. The van der Waals surface area contributed by atoms with Gasteiger partial charge in [-0.3, -0.25) is 0 Å².